The van der Waals surface area contributed by atoms with Crippen LogP contribution in [0.2, 0.25) is 0 Å². The molecule has 1 aromatic carbocycles. The summed E-state index contributed by atoms with van der Waals surface area (Å²) in [7, 11) is 0. The second-order valence-electron chi connectivity index (χ2n) is 4.21. The molecule has 0 aliphatic heterocycles. The smallest absolute Gasteiger partial charge is 0.269 e. The van der Waals surface area contributed by atoms with E-state index in [2.05, 4.69) is 15.5 Å². The molecule has 0 aliphatic carbocycles. The van der Waals surface area contributed by atoms with Gasteiger partial charge >= 0.3 is 0 Å². The first-order valence-corrected chi connectivity index (χ1v) is 6.06. The van der Waals surface area contributed by atoms with Gasteiger partial charge in [0, 0.05) is 31.4 Å². The molecule has 0 aliphatic rings. The van der Waals surface area contributed by atoms with Crippen LogP contribution in [-0.2, 0) is 6.54 Å². The molecule has 7 nitrogen and oxygen atoms in total. The molecule has 0 saturated heterocycles. The average molecular weight is 274 g/mol. The van der Waals surface area contributed by atoms with Gasteiger partial charge in [0.2, 0.25) is 0 Å². The Balaban J connectivity index is 1.85. The van der Waals surface area contributed by atoms with Crippen molar-refractivity contribution in [2.24, 2.45) is 0 Å². The second-order valence-corrected chi connectivity index (χ2v) is 4.21. The minimum Gasteiger partial charge on any atom is -0.387 e. The second kappa shape index (κ2) is 6.69. The number of aromatic nitrogens is 2. The fourth-order valence-electron chi connectivity index (χ4n) is 1.70. The standard InChI is InChI=1S/C13H14N4O3/c18-13(9-14-8-11-2-1-7-15-16-11)10-3-5-12(6-4-10)17(19)20/h1-7,13-14,18H,8-9H2. The van der Waals surface area contributed by atoms with Crippen molar-refractivity contribution in [2.45, 2.75) is 12.6 Å². The van der Waals surface area contributed by atoms with Gasteiger partial charge in [-0.3, -0.25) is 10.1 Å². The number of nitro benzene ring substituents is 1. The van der Waals surface area contributed by atoms with E-state index in [1.54, 1.807) is 24.4 Å². The van der Waals surface area contributed by atoms with Gasteiger partial charge in [-0.1, -0.05) is 0 Å². The van der Waals surface area contributed by atoms with E-state index in [1.807, 2.05) is 6.07 Å². The van der Waals surface area contributed by atoms with Gasteiger partial charge in [0.15, 0.2) is 0 Å². The molecule has 0 amide bonds. The highest BCUT2D eigenvalue weighted by molar-refractivity contribution is 5.33. The lowest BCUT2D eigenvalue weighted by atomic mass is 10.1. The minimum atomic E-state index is -0.729. The monoisotopic (exact) mass is 274 g/mol. The van der Waals surface area contributed by atoms with Crippen LogP contribution in [0.1, 0.15) is 17.4 Å². The highest BCUT2D eigenvalue weighted by Crippen LogP contribution is 2.17. The van der Waals surface area contributed by atoms with Gasteiger partial charge in [0.25, 0.3) is 5.69 Å². The van der Waals surface area contributed by atoms with E-state index in [4.69, 9.17) is 0 Å². The summed E-state index contributed by atoms with van der Waals surface area (Å²) in [6.45, 7) is 0.826. The highest BCUT2D eigenvalue weighted by Gasteiger charge is 2.10. The summed E-state index contributed by atoms with van der Waals surface area (Å²) in [5.41, 5.74) is 1.42. The van der Waals surface area contributed by atoms with Gasteiger partial charge in [-0.05, 0) is 29.8 Å². The number of nitrogens with one attached hydrogen (secondary N) is 1. The Morgan fingerprint density at radius 2 is 2.05 bits per heavy atom. The molecule has 0 radical (unpaired) electrons. The third kappa shape index (κ3) is 3.81. The third-order valence-electron chi connectivity index (χ3n) is 2.76. The highest BCUT2D eigenvalue weighted by atomic mass is 16.6. The molecule has 0 bridgehead atoms. The van der Waals surface area contributed by atoms with Gasteiger partial charge in [0.05, 0.1) is 16.7 Å². The molecule has 2 aromatic rings. The quantitative estimate of drug-likeness (QED) is 0.606. The minimum absolute atomic E-state index is 0.00784. The predicted molar refractivity (Wildman–Crippen MR) is 71.8 cm³/mol. The van der Waals surface area contributed by atoms with Crippen LogP contribution in [0.4, 0.5) is 5.69 Å². The lowest BCUT2D eigenvalue weighted by Crippen LogP contribution is -2.21. The predicted octanol–water partition coefficient (Wildman–Crippen LogP) is 1.21. The summed E-state index contributed by atoms with van der Waals surface area (Å²) >= 11 is 0. The van der Waals surface area contributed by atoms with Crippen molar-refractivity contribution in [3.63, 3.8) is 0 Å². The number of non-ortho nitro benzene ring substituents is 1. The van der Waals surface area contributed by atoms with Crippen LogP contribution in [0, 0.1) is 10.1 Å². The molecule has 1 heterocycles. The molecule has 1 unspecified atom stereocenters. The van der Waals surface area contributed by atoms with E-state index in [0.29, 0.717) is 18.7 Å². The van der Waals surface area contributed by atoms with Crippen molar-refractivity contribution in [3.05, 3.63) is 64.0 Å². The molecule has 104 valence electrons. The largest absolute Gasteiger partial charge is 0.387 e. The summed E-state index contributed by atoms with van der Waals surface area (Å²) in [6.07, 6.45) is 0.863. The van der Waals surface area contributed by atoms with Gasteiger partial charge < -0.3 is 10.4 Å². The van der Waals surface area contributed by atoms with Crippen LogP contribution in [0.15, 0.2) is 42.6 Å². The average Bonchev–Trinajstić information content (AvgIpc) is 2.48. The number of rotatable bonds is 6. The Labute approximate surface area is 115 Å². The van der Waals surface area contributed by atoms with Gasteiger partial charge in [-0.25, -0.2) is 0 Å². The number of benzene rings is 1. The molecule has 0 saturated carbocycles. The maximum Gasteiger partial charge on any atom is 0.269 e. The number of nitrogens with zero attached hydrogens (tertiary/aromatic N) is 3. The van der Waals surface area contributed by atoms with Crippen molar-refractivity contribution in [3.8, 4) is 0 Å². The van der Waals surface area contributed by atoms with E-state index in [0.717, 1.165) is 5.69 Å². The Kier molecular flexibility index (Phi) is 4.70. The van der Waals surface area contributed by atoms with Crippen LogP contribution in [0.5, 0.6) is 0 Å². The maximum atomic E-state index is 10.5. The van der Waals surface area contributed by atoms with Crippen molar-refractivity contribution in [2.75, 3.05) is 6.54 Å². The van der Waals surface area contributed by atoms with E-state index >= 15 is 0 Å². The van der Waals surface area contributed by atoms with Crippen LogP contribution < -0.4 is 5.32 Å². The summed E-state index contributed by atoms with van der Waals surface area (Å²) in [6, 6.07) is 9.47. The first-order valence-electron chi connectivity index (χ1n) is 6.06. The van der Waals surface area contributed by atoms with Gasteiger partial charge in [-0.2, -0.15) is 10.2 Å². The van der Waals surface area contributed by atoms with Gasteiger partial charge in [-0.15, -0.1) is 0 Å². The molecular weight excluding hydrogens is 260 g/mol. The number of nitro groups is 1. The van der Waals surface area contributed by atoms with Crippen molar-refractivity contribution < 1.29 is 10.0 Å². The molecular formula is C13H14N4O3. The van der Waals surface area contributed by atoms with Crippen LogP contribution in [0.25, 0.3) is 0 Å². The van der Waals surface area contributed by atoms with E-state index in [1.165, 1.54) is 12.1 Å². The van der Waals surface area contributed by atoms with E-state index < -0.39 is 11.0 Å². The SMILES string of the molecule is O=[N+]([O-])c1ccc(C(O)CNCc2cccnn2)cc1. The number of aliphatic hydroxyl groups is 1. The molecule has 20 heavy (non-hydrogen) atoms. The van der Waals surface area contributed by atoms with Crippen LogP contribution in [0.3, 0.4) is 0 Å². The first-order chi connectivity index (χ1) is 9.66. The normalized spacial score (nSPS) is 12.1. The van der Waals surface area contributed by atoms with Gasteiger partial charge in [0.1, 0.15) is 0 Å². The summed E-state index contributed by atoms with van der Waals surface area (Å²) < 4.78 is 0. The summed E-state index contributed by atoms with van der Waals surface area (Å²) in [5.74, 6) is 0. The Hall–Kier alpha value is -2.38. The van der Waals surface area contributed by atoms with E-state index in [9.17, 15) is 15.2 Å². The topological polar surface area (TPSA) is 101 Å². The lowest BCUT2D eigenvalue weighted by Gasteiger charge is -2.11. The molecule has 2 rings (SSSR count). The maximum absolute atomic E-state index is 10.5. The van der Waals surface area contributed by atoms with Crippen LogP contribution >= 0.6 is 0 Å². The van der Waals surface area contributed by atoms with Crippen molar-refractivity contribution in [1.29, 1.82) is 0 Å². The molecule has 7 heteroatoms. The molecule has 1 aromatic heterocycles. The number of hydrogen-bond donors (Lipinski definition) is 2. The zero-order chi connectivity index (χ0) is 14.4. The molecule has 0 fully saturated rings. The molecule has 0 spiro atoms. The van der Waals surface area contributed by atoms with Crippen LogP contribution in [-0.4, -0.2) is 26.8 Å². The fourth-order valence-corrected chi connectivity index (χ4v) is 1.70. The zero-order valence-electron chi connectivity index (χ0n) is 10.6. The number of hydrogen-bond acceptors (Lipinski definition) is 6. The zero-order valence-corrected chi connectivity index (χ0v) is 10.6. The molecule has 1 atom stereocenters. The summed E-state index contributed by atoms with van der Waals surface area (Å²) in [5, 5.41) is 31.2. The Morgan fingerprint density at radius 3 is 2.65 bits per heavy atom. The van der Waals surface area contributed by atoms with Crippen molar-refractivity contribution in [1.82, 2.24) is 15.5 Å². The Bertz CT molecular complexity index is 560. The summed E-state index contributed by atoms with van der Waals surface area (Å²) in [4.78, 5) is 10.1. The third-order valence-corrected chi connectivity index (χ3v) is 2.76. The van der Waals surface area contributed by atoms with E-state index in [-0.39, 0.29) is 5.69 Å². The fraction of sp³-hybridized carbons (Fsp3) is 0.231. The lowest BCUT2D eigenvalue weighted by molar-refractivity contribution is -0.384. The first kappa shape index (κ1) is 14.0. The molecule has 2 N–H and O–H groups in total. The number of aliphatic hydroxyl groups excluding tert-OH is 1. The van der Waals surface area contributed by atoms with Crippen molar-refractivity contribution >= 4 is 5.69 Å². The Morgan fingerprint density at radius 1 is 1.30 bits per heavy atom.